The molecule has 1 amide bonds. The summed E-state index contributed by atoms with van der Waals surface area (Å²) in [5.74, 6) is 0.0441. The van der Waals surface area contributed by atoms with E-state index in [4.69, 9.17) is 5.73 Å². The van der Waals surface area contributed by atoms with E-state index in [1.165, 1.54) is 0 Å². The molecule has 5 nitrogen and oxygen atoms in total. The van der Waals surface area contributed by atoms with Crippen LogP contribution in [0.15, 0.2) is 30.5 Å². The number of aryl methyl sites for hydroxylation is 2. The zero-order valence-electron chi connectivity index (χ0n) is 12.8. The highest BCUT2D eigenvalue weighted by atomic mass is 16.1. The molecular weight excluding hydrogens is 264 g/mol. The summed E-state index contributed by atoms with van der Waals surface area (Å²) in [5, 5.41) is 7.21. The molecule has 0 saturated heterocycles. The highest BCUT2D eigenvalue weighted by molar-refractivity contribution is 5.76. The molecule has 1 aromatic carbocycles. The SMILES string of the molecule is Cc1c(C(C)NC(=O)CCc2ccc(N)cc2)cnn1C. The molecule has 0 aliphatic heterocycles. The van der Waals surface area contributed by atoms with Crippen LogP contribution in [0.4, 0.5) is 5.69 Å². The van der Waals surface area contributed by atoms with Crippen LogP contribution in [-0.4, -0.2) is 15.7 Å². The van der Waals surface area contributed by atoms with Gasteiger partial charge in [0.1, 0.15) is 0 Å². The van der Waals surface area contributed by atoms with Crippen LogP contribution < -0.4 is 11.1 Å². The lowest BCUT2D eigenvalue weighted by molar-refractivity contribution is -0.121. The molecule has 2 aromatic rings. The van der Waals surface area contributed by atoms with Crippen molar-refractivity contribution < 1.29 is 4.79 Å². The topological polar surface area (TPSA) is 72.9 Å². The predicted molar refractivity (Wildman–Crippen MR) is 83.7 cm³/mol. The van der Waals surface area contributed by atoms with Gasteiger partial charge >= 0.3 is 0 Å². The van der Waals surface area contributed by atoms with Gasteiger partial charge in [0, 0.05) is 30.4 Å². The quantitative estimate of drug-likeness (QED) is 0.827. The zero-order chi connectivity index (χ0) is 15.4. The number of nitrogens with zero attached hydrogens (tertiary/aromatic N) is 2. The second-order valence-corrected chi connectivity index (χ2v) is 5.34. The second kappa shape index (κ2) is 6.43. The summed E-state index contributed by atoms with van der Waals surface area (Å²) in [6, 6.07) is 7.59. The van der Waals surface area contributed by atoms with Crippen molar-refractivity contribution in [2.45, 2.75) is 32.7 Å². The summed E-state index contributed by atoms with van der Waals surface area (Å²) >= 11 is 0. The molecule has 1 heterocycles. The van der Waals surface area contributed by atoms with Crippen molar-refractivity contribution in [2.24, 2.45) is 7.05 Å². The molecule has 0 fully saturated rings. The molecule has 2 rings (SSSR count). The molecule has 0 saturated carbocycles. The number of amides is 1. The van der Waals surface area contributed by atoms with Gasteiger partial charge in [0.05, 0.1) is 12.2 Å². The van der Waals surface area contributed by atoms with Gasteiger partial charge in [-0.3, -0.25) is 9.48 Å². The Morgan fingerprint density at radius 3 is 2.62 bits per heavy atom. The van der Waals surface area contributed by atoms with Gasteiger partial charge in [-0.15, -0.1) is 0 Å². The number of hydrogen-bond donors (Lipinski definition) is 2. The van der Waals surface area contributed by atoms with E-state index in [1.807, 2.05) is 49.8 Å². The van der Waals surface area contributed by atoms with Crippen LogP contribution in [0.1, 0.15) is 36.2 Å². The van der Waals surface area contributed by atoms with Crippen LogP contribution in [0.2, 0.25) is 0 Å². The minimum absolute atomic E-state index is 0.0300. The van der Waals surface area contributed by atoms with E-state index in [0.717, 1.165) is 22.5 Å². The maximum Gasteiger partial charge on any atom is 0.220 e. The normalized spacial score (nSPS) is 12.1. The lowest BCUT2D eigenvalue weighted by atomic mass is 10.1. The van der Waals surface area contributed by atoms with Gasteiger partial charge < -0.3 is 11.1 Å². The van der Waals surface area contributed by atoms with Gasteiger partial charge in [0.2, 0.25) is 5.91 Å². The highest BCUT2D eigenvalue weighted by Crippen LogP contribution is 2.16. The summed E-state index contributed by atoms with van der Waals surface area (Å²) in [6.45, 7) is 3.98. The number of nitrogen functional groups attached to an aromatic ring is 1. The smallest absolute Gasteiger partial charge is 0.220 e. The van der Waals surface area contributed by atoms with Gasteiger partial charge in [-0.05, 0) is 38.0 Å². The Bertz CT molecular complexity index is 616. The summed E-state index contributed by atoms with van der Waals surface area (Å²) in [5.41, 5.74) is 9.62. The molecule has 3 N–H and O–H groups in total. The first-order valence-electron chi connectivity index (χ1n) is 7.09. The largest absolute Gasteiger partial charge is 0.399 e. The van der Waals surface area contributed by atoms with E-state index >= 15 is 0 Å². The summed E-state index contributed by atoms with van der Waals surface area (Å²) in [7, 11) is 1.90. The molecule has 5 heteroatoms. The van der Waals surface area contributed by atoms with Crippen LogP contribution in [-0.2, 0) is 18.3 Å². The first-order valence-corrected chi connectivity index (χ1v) is 7.09. The molecule has 0 bridgehead atoms. The van der Waals surface area contributed by atoms with Crippen LogP contribution in [0.25, 0.3) is 0 Å². The average molecular weight is 286 g/mol. The van der Waals surface area contributed by atoms with E-state index in [9.17, 15) is 4.79 Å². The Labute approximate surface area is 125 Å². The number of hydrogen-bond acceptors (Lipinski definition) is 3. The molecular formula is C16H22N4O. The molecule has 112 valence electrons. The van der Waals surface area contributed by atoms with Crippen molar-refractivity contribution >= 4 is 11.6 Å². The number of benzene rings is 1. The van der Waals surface area contributed by atoms with Gasteiger partial charge in [0.15, 0.2) is 0 Å². The van der Waals surface area contributed by atoms with Crippen LogP contribution in [0, 0.1) is 6.92 Å². The first kappa shape index (κ1) is 15.1. The fraction of sp³-hybridized carbons (Fsp3) is 0.375. The maximum absolute atomic E-state index is 12.0. The highest BCUT2D eigenvalue weighted by Gasteiger charge is 2.14. The number of carbonyl (C=O) groups is 1. The van der Waals surface area contributed by atoms with E-state index in [1.54, 1.807) is 6.20 Å². The molecule has 1 aromatic heterocycles. The Morgan fingerprint density at radius 2 is 2.05 bits per heavy atom. The average Bonchev–Trinajstić information content (AvgIpc) is 2.78. The Hall–Kier alpha value is -2.30. The van der Waals surface area contributed by atoms with Crippen molar-refractivity contribution in [3.05, 3.63) is 47.3 Å². The molecule has 1 unspecified atom stereocenters. The second-order valence-electron chi connectivity index (χ2n) is 5.34. The van der Waals surface area contributed by atoms with Gasteiger partial charge in [-0.1, -0.05) is 12.1 Å². The summed E-state index contributed by atoms with van der Waals surface area (Å²) < 4.78 is 1.81. The van der Waals surface area contributed by atoms with Crippen LogP contribution >= 0.6 is 0 Å². The number of carbonyl (C=O) groups excluding carboxylic acids is 1. The predicted octanol–water partition coefficient (Wildman–Crippen LogP) is 2.12. The van der Waals surface area contributed by atoms with Crippen molar-refractivity contribution in [2.75, 3.05) is 5.73 Å². The third-order valence-corrected chi connectivity index (χ3v) is 3.74. The molecule has 21 heavy (non-hydrogen) atoms. The monoisotopic (exact) mass is 286 g/mol. The standard InChI is InChI=1S/C16H22N4O/c1-11(15-10-18-20(3)12(15)2)19-16(21)9-6-13-4-7-14(17)8-5-13/h4-5,7-8,10-11H,6,9,17H2,1-3H3,(H,19,21). The number of rotatable bonds is 5. The number of aromatic nitrogens is 2. The fourth-order valence-electron chi connectivity index (χ4n) is 2.27. The molecule has 0 spiro atoms. The third-order valence-electron chi connectivity index (χ3n) is 3.74. The molecule has 0 aliphatic carbocycles. The number of nitrogens with one attached hydrogen (secondary N) is 1. The Morgan fingerprint density at radius 1 is 1.38 bits per heavy atom. The van der Waals surface area contributed by atoms with E-state index < -0.39 is 0 Å². The third kappa shape index (κ3) is 3.84. The van der Waals surface area contributed by atoms with E-state index in [2.05, 4.69) is 10.4 Å². The first-order chi connectivity index (χ1) is 9.97. The maximum atomic E-state index is 12.0. The number of nitrogens with two attached hydrogens (primary N) is 1. The minimum atomic E-state index is -0.0300. The van der Waals surface area contributed by atoms with Gasteiger partial charge in [-0.2, -0.15) is 5.10 Å². The zero-order valence-corrected chi connectivity index (χ0v) is 12.8. The Kier molecular flexibility index (Phi) is 4.62. The number of anilines is 1. The summed E-state index contributed by atoms with van der Waals surface area (Å²) in [6.07, 6.45) is 2.98. The van der Waals surface area contributed by atoms with Gasteiger partial charge in [-0.25, -0.2) is 0 Å². The van der Waals surface area contributed by atoms with Gasteiger partial charge in [0.25, 0.3) is 0 Å². The van der Waals surface area contributed by atoms with Crippen LogP contribution in [0.5, 0.6) is 0 Å². The fourth-order valence-corrected chi connectivity index (χ4v) is 2.27. The Balaban J connectivity index is 1.87. The van der Waals surface area contributed by atoms with Crippen LogP contribution in [0.3, 0.4) is 0 Å². The molecule has 0 radical (unpaired) electrons. The summed E-state index contributed by atoms with van der Waals surface area (Å²) in [4.78, 5) is 12.0. The van der Waals surface area contributed by atoms with Crippen molar-refractivity contribution in [3.8, 4) is 0 Å². The lowest BCUT2D eigenvalue weighted by Gasteiger charge is -2.13. The minimum Gasteiger partial charge on any atom is -0.399 e. The molecule has 1 atom stereocenters. The van der Waals surface area contributed by atoms with Crippen molar-refractivity contribution in [1.29, 1.82) is 0 Å². The van der Waals surface area contributed by atoms with Crippen molar-refractivity contribution in [1.82, 2.24) is 15.1 Å². The van der Waals surface area contributed by atoms with Crippen molar-refractivity contribution in [3.63, 3.8) is 0 Å². The van der Waals surface area contributed by atoms with E-state index in [0.29, 0.717) is 12.8 Å². The van der Waals surface area contributed by atoms with E-state index in [-0.39, 0.29) is 11.9 Å². The molecule has 0 aliphatic rings. The lowest BCUT2D eigenvalue weighted by Crippen LogP contribution is -2.27.